The van der Waals surface area contributed by atoms with Crippen molar-refractivity contribution in [3.8, 4) is 5.75 Å². The van der Waals surface area contributed by atoms with Crippen molar-refractivity contribution in [3.05, 3.63) is 47.5 Å². The van der Waals surface area contributed by atoms with Gasteiger partial charge in [-0.2, -0.15) is 0 Å². The summed E-state index contributed by atoms with van der Waals surface area (Å²) in [6.07, 6.45) is 0.752. The van der Waals surface area contributed by atoms with Crippen LogP contribution in [-0.4, -0.2) is 52.5 Å². The number of nitrogens with zero attached hydrogens (tertiary/aromatic N) is 2. The molecular formula is C22H27N3O4S. The molecule has 30 heavy (non-hydrogen) atoms. The summed E-state index contributed by atoms with van der Waals surface area (Å²) in [7, 11) is -0.393. The molecule has 0 aromatic heterocycles. The summed E-state index contributed by atoms with van der Waals surface area (Å²) in [5.41, 5.74) is 3.35. The SMILES string of the molecule is COc1ccc(NC(C)=O)cc1S(=O)(=O)N1c2ccc(C)cc2[C@H]2CN(C)CC[C@H]21. The van der Waals surface area contributed by atoms with Crippen molar-refractivity contribution < 1.29 is 17.9 Å². The van der Waals surface area contributed by atoms with Gasteiger partial charge < -0.3 is 15.0 Å². The molecule has 1 fully saturated rings. The van der Waals surface area contributed by atoms with Gasteiger partial charge in [0.15, 0.2) is 0 Å². The number of ether oxygens (including phenoxy) is 1. The summed E-state index contributed by atoms with van der Waals surface area (Å²) >= 11 is 0. The Kier molecular flexibility index (Phi) is 5.23. The second-order valence-electron chi connectivity index (χ2n) is 8.13. The van der Waals surface area contributed by atoms with E-state index >= 15 is 0 Å². The van der Waals surface area contributed by atoms with Gasteiger partial charge in [-0.3, -0.25) is 9.10 Å². The number of amides is 1. The molecule has 2 aromatic carbocycles. The van der Waals surface area contributed by atoms with Gasteiger partial charge in [-0.25, -0.2) is 8.42 Å². The Labute approximate surface area is 177 Å². The van der Waals surface area contributed by atoms with E-state index in [0.717, 1.165) is 36.3 Å². The molecular weight excluding hydrogens is 402 g/mol. The summed E-state index contributed by atoms with van der Waals surface area (Å²) in [6, 6.07) is 10.5. The molecule has 0 saturated carbocycles. The highest BCUT2D eigenvalue weighted by Crippen LogP contribution is 2.48. The van der Waals surface area contributed by atoms with E-state index in [2.05, 4.69) is 23.3 Å². The molecule has 1 amide bonds. The monoisotopic (exact) mass is 429 g/mol. The minimum Gasteiger partial charge on any atom is -0.495 e. The first-order valence-electron chi connectivity index (χ1n) is 10.0. The number of aryl methyl sites for hydroxylation is 1. The number of hydrogen-bond donors (Lipinski definition) is 1. The highest BCUT2D eigenvalue weighted by Gasteiger charge is 2.47. The summed E-state index contributed by atoms with van der Waals surface area (Å²) in [5, 5.41) is 2.66. The number of likely N-dealkylation sites (N-methyl/N-ethyl adjacent to an activating group) is 1. The molecule has 2 atom stereocenters. The standard InChI is InChI=1S/C22H27N3O4S/c1-14-5-7-19-17(11-14)18-13-24(3)10-9-20(18)25(19)30(27,28)22-12-16(23-15(2)26)6-8-21(22)29-4/h5-8,11-12,18,20H,9-10,13H2,1-4H3,(H,23,26)/t18-,20-/m1/s1. The molecule has 2 aliphatic heterocycles. The van der Waals surface area contributed by atoms with E-state index in [4.69, 9.17) is 4.74 Å². The lowest BCUT2D eigenvalue weighted by molar-refractivity contribution is -0.114. The zero-order valence-corrected chi connectivity index (χ0v) is 18.5. The lowest BCUT2D eigenvalue weighted by atomic mass is 9.89. The average molecular weight is 430 g/mol. The molecule has 1 saturated heterocycles. The van der Waals surface area contributed by atoms with Crippen molar-refractivity contribution >= 4 is 27.3 Å². The minimum atomic E-state index is -3.92. The van der Waals surface area contributed by atoms with E-state index in [1.807, 2.05) is 19.1 Å². The number of methoxy groups -OCH3 is 1. The Balaban J connectivity index is 1.86. The van der Waals surface area contributed by atoms with Gasteiger partial charge in [0.1, 0.15) is 10.6 Å². The largest absolute Gasteiger partial charge is 0.495 e. The Hall–Kier alpha value is -2.58. The molecule has 2 aromatic rings. The summed E-state index contributed by atoms with van der Waals surface area (Å²) in [5.74, 6) is 0.118. The Morgan fingerprint density at radius 2 is 1.97 bits per heavy atom. The fraction of sp³-hybridized carbons (Fsp3) is 0.409. The summed E-state index contributed by atoms with van der Waals surface area (Å²) in [6.45, 7) is 5.07. The number of carbonyl (C=O) groups excluding carboxylic acids is 1. The van der Waals surface area contributed by atoms with Gasteiger partial charge >= 0.3 is 0 Å². The number of hydrogen-bond acceptors (Lipinski definition) is 5. The smallest absolute Gasteiger partial charge is 0.268 e. The van der Waals surface area contributed by atoms with Crippen LogP contribution in [0.2, 0.25) is 0 Å². The van der Waals surface area contributed by atoms with E-state index < -0.39 is 10.0 Å². The number of benzene rings is 2. The molecule has 8 heteroatoms. The van der Waals surface area contributed by atoms with Crippen LogP contribution in [0.4, 0.5) is 11.4 Å². The molecule has 160 valence electrons. The zero-order valence-electron chi connectivity index (χ0n) is 17.7. The summed E-state index contributed by atoms with van der Waals surface area (Å²) in [4.78, 5) is 13.8. The van der Waals surface area contributed by atoms with Crippen LogP contribution in [0.25, 0.3) is 0 Å². The molecule has 2 heterocycles. The maximum absolute atomic E-state index is 14.0. The number of piperidine rings is 1. The first-order chi connectivity index (χ1) is 14.2. The third-order valence-corrected chi connectivity index (χ3v) is 7.78. The highest BCUT2D eigenvalue weighted by molar-refractivity contribution is 7.93. The van der Waals surface area contributed by atoms with Gasteiger partial charge in [0, 0.05) is 25.1 Å². The predicted octanol–water partition coefficient (Wildman–Crippen LogP) is 2.96. The van der Waals surface area contributed by atoms with Gasteiger partial charge in [0.05, 0.1) is 18.8 Å². The summed E-state index contributed by atoms with van der Waals surface area (Å²) < 4.78 is 34.9. The molecule has 0 aliphatic carbocycles. The van der Waals surface area contributed by atoms with E-state index in [9.17, 15) is 13.2 Å². The van der Waals surface area contributed by atoms with Gasteiger partial charge in [-0.1, -0.05) is 17.7 Å². The number of sulfonamides is 1. The fourth-order valence-corrected chi connectivity index (χ4v) is 6.54. The lowest BCUT2D eigenvalue weighted by Crippen LogP contribution is -2.47. The quantitative estimate of drug-likeness (QED) is 0.808. The number of carbonyl (C=O) groups is 1. The van der Waals surface area contributed by atoms with Crippen molar-refractivity contribution in [2.45, 2.75) is 37.1 Å². The molecule has 0 unspecified atom stereocenters. The van der Waals surface area contributed by atoms with Crippen LogP contribution in [0.5, 0.6) is 5.75 Å². The van der Waals surface area contributed by atoms with Crippen LogP contribution in [0.1, 0.15) is 30.4 Å². The van der Waals surface area contributed by atoms with Crippen LogP contribution in [0.15, 0.2) is 41.3 Å². The molecule has 4 rings (SSSR count). The van der Waals surface area contributed by atoms with Crippen LogP contribution >= 0.6 is 0 Å². The molecule has 7 nitrogen and oxygen atoms in total. The van der Waals surface area contributed by atoms with Crippen molar-refractivity contribution in [2.75, 3.05) is 36.9 Å². The predicted molar refractivity (Wildman–Crippen MR) is 117 cm³/mol. The third-order valence-electron chi connectivity index (χ3n) is 5.92. The molecule has 0 bridgehead atoms. The van der Waals surface area contributed by atoms with Crippen LogP contribution < -0.4 is 14.4 Å². The first kappa shape index (κ1) is 20.7. The zero-order chi connectivity index (χ0) is 21.6. The highest BCUT2D eigenvalue weighted by atomic mass is 32.2. The second kappa shape index (κ2) is 7.59. The average Bonchev–Trinajstić information content (AvgIpc) is 3.01. The van der Waals surface area contributed by atoms with Gasteiger partial charge in [0.2, 0.25) is 5.91 Å². The fourth-order valence-electron chi connectivity index (χ4n) is 4.61. The van der Waals surface area contributed by atoms with Crippen LogP contribution in [-0.2, 0) is 14.8 Å². The molecule has 2 aliphatic rings. The Bertz CT molecular complexity index is 1100. The minimum absolute atomic E-state index is 0.0577. The number of rotatable bonds is 4. The number of likely N-dealkylation sites (tertiary alicyclic amines) is 1. The van der Waals surface area contributed by atoms with Crippen molar-refractivity contribution in [1.29, 1.82) is 0 Å². The normalized spacial score (nSPS) is 21.1. The van der Waals surface area contributed by atoms with E-state index in [-0.39, 0.29) is 28.5 Å². The van der Waals surface area contributed by atoms with Crippen LogP contribution in [0, 0.1) is 6.92 Å². The van der Waals surface area contributed by atoms with Gasteiger partial charge in [0.25, 0.3) is 10.0 Å². The van der Waals surface area contributed by atoms with Crippen molar-refractivity contribution in [3.63, 3.8) is 0 Å². The van der Waals surface area contributed by atoms with E-state index in [1.165, 1.54) is 20.1 Å². The van der Waals surface area contributed by atoms with E-state index in [1.54, 1.807) is 16.4 Å². The number of fused-ring (bicyclic) bond motifs is 3. The van der Waals surface area contributed by atoms with Gasteiger partial charge in [-0.05, 0) is 56.8 Å². The topological polar surface area (TPSA) is 78.9 Å². The maximum Gasteiger partial charge on any atom is 0.268 e. The first-order valence-corrected chi connectivity index (χ1v) is 11.5. The number of nitrogens with one attached hydrogen (secondary N) is 1. The Morgan fingerprint density at radius 1 is 1.20 bits per heavy atom. The lowest BCUT2D eigenvalue weighted by Gasteiger charge is -2.36. The maximum atomic E-state index is 14.0. The van der Waals surface area contributed by atoms with Crippen molar-refractivity contribution in [1.82, 2.24) is 4.90 Å². The molecule has 0 spiro atoms. The molecule has 0 radical (unpaired) electrons. The van der Waals surface area contributed by atoms with E-state index in [0.29, 0.717) is 5.69 Å². The third kappa shape index (κ3) is 3.44. The number of anilines is 2. The second-order valence-corrected chi connectivity index (χ2v) is 9.92. The van der Waals surface area contributed by atoms with Crippen LogP contribution in [0.3, 0.4) is 0 Å². The van der Waals surface area contributed by atoms with Gasteiger partial charge in [-0.15, -0.1) is 0 Å². The van der Waals surface area contributed by atoms with Crippen molar-refractivity contribution in [2.24, 2.45) is 0 Å². The molecule has 1 N–H and O–H groups in total. The Morgan fingerprint density at radius 3 is 2.67 bits per heavy atom.